The molecule has 0 aliphatic heterocycles. The van der Waals surface area contributed by atoms with Crippen LogP contribution < -0.4 is 0 Å². The number of aromatic amines is 1. The Hall–Kier alpha value is -1.00. The van der Waals surface area contributed by atoms with Crippen molar-refractivity contribution < 1.29 is 0 Å². The van der Waals surface area contributed by atoms with E-state index in [-0.39, 0.29) is 0 Å². The quantitative estimate of drug-likeness (QED) is 0.853. The fourth-order valence-corrected chi connectivity index (χ4v) is 1.97. The van der Waals surface area contributed by atoms with Gasteiger partial charge >= 0.3 is 0 Å². The monoisotopic (exact) mass is 280 g/mol. The van der Waals surface area contributed by atoms with Gasteiger partial charge in [0.25, 0.3) is 0 Å². The number of nitrogens with zero attached hydrogens (tertiary/aromatic N) is 1. The zero-order chi connectivity index (χ0) is 10.7. The van der Waals surface area contributed by atoms with Crippen LogP contribution in [0.1, 0.15) is 11.4 Å². The SMILES string of the molecule is S=c1ccnc(Cc2cccc(Br)c2)[nH]1. The molecule has 0 bridgehead atoms. The van der Waals surface area contributed by atoms with Gasteiger partial charge in [0.1, 0.15) is 10.5 Å². The van der Waals surface area contributed by atoms with E-state index in [1.165, 1.54) is 5.56 Å². The standard InChI is InChI=1S/C11H9BrN2S/c12-9-3-1-2-8(6-9)7-10-13-5-4-11(15)14-10/h1-6H,7H2,(H,13,14,15). The van der Waals surface area contributed by atoms with Crippen LogP contribution in [0.3, 0.4) is 0 Å². The van der Waals surface area contributed by atoms with Crippen molar-refractivity contribution in [3.05, 3.63) is 57.0 Å². The highest BCUT2D eigenvalue weighted by molar-refractivity contribution is 9.10. The summed E-state index contributed by atoms with van der Waals surface area (Å²) in [5.74, 6) is 0.889. The molecule has 0 radical (unpaired) electrons. The molecule has 1 aromatic heterocycles. The van der Waals surface area contributed by atoms with Gasteiger partial charge in [-0.3, -0.25) is 0 Å². The first-order valence-electron chi connectivity index (χ1n) is 4.53. The lowest BCUT2D eigenvalue weighted by molar-refractivity contribution is 0.959. The topological polar surface area (TPSA) is 28.7 Å². The van der Waals surface area contributed by atoms with E-state index in [2.05, 4.69) is 38.0 Å². The molecule has 0 amide bonds. The Morgan fingerprint density at radius 2 is 2.20 bits per heavy atom. The molecule has 0 unspecified atom stereocenters. The summed E-state index contributed by atoms with van der Waals surface area (Å²) in [6.07, 6.45) is 2.50. The van der Waals surface area contributed by atoms with E-state index in [1.807, 2.05) is 12.1 Å². The Morgan fingerprint density at radius 3 is 2.93 bits per heavy atom. The van der Waals surface area contributed by atoms with Gasteiger partial charge in [0.2, 0.25) is 0 Å². The average Bonchev–Trinajstić information content (AvgIpc) is 2.17. The smallest absolute Gasteiger partial charge is 0.111 e. The molecular formula is C11H9BrN2S. The maximum absolute atomic E-state index is 5.04. The molecule has 0 atom stereocenters. The number of hydrogen-bond donors (Lipinski definition) is 1. The average molecular weight is 281 g/mol. The van der Waals surface area contributed by atoms with Crippen LogP contribution in [0, 0.1) is 4.64 Å². The van der Waals surface area contributed by atoms with Gasteiger partial charge in [-0.1, -0.05) is 40.3 Å². The van der Waals surface area contributed by atoms with E-state index in [0.717, 1.165) is 21.4 Å². The second-order valence-electron chi connectivity index (χ2n) is 3.19. The van der Waals surface area contributed by atoms with Crippen LogP contribution in [0.5, 0.6) is 0 Å². The molecule has 2 rings (SSSR count). The van der Waals surface area contributed by atoms with Crippen LogP contribution in [0.25, 0.3) is 0 Å². The van der Waals surface area contributed by atoms with Crippen molar-refractivity contribution in [2.24, 2.45) is 0 Å². The summed E-state index contributed by atoms with van der Waals surface area (Å²) in [7, 11) is 0. The summed E-state index contributed by atoms with van der Waals surface area (Å²) in [5.41, 5.74) is 1.20. The second kappa shape index (κ2) is 4.68. The Labute approximate surface area is 102 Å². The Kier molecular flexibility index (Phi) is 3.28. The summed E-state index contributed by atoms with van der Waals surface area (Å²) in [5, 5.41) is 0. The van der Waals surface area contributed by atoms with E-state index in [9.17, 15) is 0 Å². The molecule has 1 aromatic carbocycles. The molecule has 4 heteroatoms. The van der Waals surface area contributed by atoms with Crippen LogP contribution in [-0.4, -0.2) is 9.97 Å². The number of H-pyrrole nitrogens is 1. The van der Waals surface area contributed by atoms with Crippen molar-refractivity contribution in [2.75, 3.05) is 0 Å². The maximum Gasteiger partial charge on any atom is 0.111 e. The predicted molar refractivity (Wildman–Crippen MR) is 66.4 cm³/mol. The molecule has 1 N–H and O–H groups in total. The molecule has 0 spiro atoms. The third kappa shape index (κ3) is 2.97. The third-order valence-corrected chi connectivity index (χ3v) is 2.72. The summed E-state index contributed by atoms with van der Waals surface area (Å²) in [6, 6.07) is 9.93. The van der Waals surface area contributed by atoms with Gasteiger partial charge in [-0.15, -0.1) is 0 Å². The van der Waals surface area contributed by atoms with Crippen molar-refractivity contribution in [1.29, 1.82) is 0 Å². The number of rotatable bonds is 2. The number of benzene rings is 1. The van der Waals surface area contributed by atoms with E-state index >= 15 is 0 Å². The van der Waals surface area contributed by atoms with Gasteiger partial charge in [0.05, 0.1) is 0 Å². The van der Waals surface area contributed by atoms with Crippen molar-refractivity contribution in [3.8, 4) is 0 Å². The van der Waals surface area contributed by atoms with Gasteiger partial charge < -0.3 is 4.98 Å². The molecule has 0 aliphatic carbocycles. The Morgan fingerprint density at radius 1 is 1.33 bits per heavy atom. The highest BCUT2D eigenvalue weighted by Crippen LogP contribution is 2.13. The molecule has 76 valence electrons. The molecule has 15 heavy (non-hydrogen) atoms. The van der Waals surface area contributed by atoms with Crippen LogP contribution in [0.2, 0.25) is 0 Å². The van der Waals surface area contributed by atoms with Gasteiger partial charge in [-0.2, -0.15) is 0 Å². The number of hydrogen-bond acceptors (Lipinski definition) is 2. The van der Waals surface area contributed by atoms with Crippen LogP contribution in [0.4, 0.5) is 0 Å². The van der Waals surface area contributed by atoms with E-state index in [4.69, 9.17) is 12.2 Å². The van der Waals surface area contributed by atoms with Gasteiger partial charge in [-0.25, -0.2) is 4.98 Å². The van der Waals surface area contributed by atoms with Gasteiger partial charge in [0.15, 0.2) is 0 Å². The fourth-order valence-electron chi connectivity index (χ4n) is 1.34. The molecule has 2 nitrogen and oxygen atoms in total. The zero-order valence-corrected chi connectivity index (χ0v) is 10.3. The van der Waals surface area contributed by atoms with Gasteiger partial charge in [0, 0.05) is 17.1 Å². The van der Waals surface area contributed by atoms with Crippen LogP contribution in [0.15, 0.2) is 41.0 Å². The maximum atomic E-state index is 5.04. The normalized spacial score (nSPS) is 10.2. The summed E-state index contributed by atoms with van der Waals surface area (Å²) < 4.78 is 1.80. The van der Waals surface area contributed by atoms with Crippen molar-refractivity contribution >= 4 is 28.1 Å². The molecule has 0 aliphatic rings. The minimum Gasteiger partial charge on any atom is -0.335 e. The lowest BCUT2D eigenvalue weighted by Crippen LogP contribution is -1.95. The molecule has 0 saturated heterocycles. The van der Waals surface area contributed by atoms with E-state index in [1.54, 1.807) is 12.3 Å². The molecule has 0 fully saturated rings. The van der Waals surface area contributed by atoms with E-state index < -0.39 is 0 Å². The number of aromatic nitrogens is 2. The number of halogens is 1. The zero-order valence-electron chi connectivity index (χ0n) is 7.90. The molecule has 2 aromatic rings. The fraction of sp³-hybridized carbons (Fsp3) is 0.0909. The second-order valence-corrected chi connectivity index (χ2v) is 4.54. The molecular weight excluding hydrogens is 272 g/mol. The minimum absolute atomic E-state index is 0.718. The summed E-state index contributed by atoms with van der Waals surface area (Å²) in [6.45, 7) is 0. The molecule has 1 heterocycles. The highest BCUT2D eigenvalue weighted by Gasteiger charge is 1.97. The van der Waals surface area contributed by atoms with Crippen LogP contribution >= 0.6 is 28.1 Å². The first-order chi connectivity index (χ1) is 7.24. The minimum atomic E-state index is 0.718. The Bertz CT molecular complexity index is 522. The van der Waals surface area contributed by atoms with Crippen molar-refractivity contribution in [3.63, 3.8) is 0 Å². The predicted octanol–water partition coefficient (Wildman–Crippen LogP) is 3.49. The lowest BCUT2D eigenvalue weighted by Gasteiger charge is -2.01. The van der Waals surface area contributed by atoms with Crippen LogP contribution in [-0.2, 0) is 6.42 Å². The third-order valence-electron chi connectivity index (χ3n) is 1.98. The van der Waals surface area contributed by atoms with Gasteiger partial charge in [-0.05, 0) is 23.8 Å². The van der Waals surface area contributed by atoms with Crippen molar-refractivity contribution in [2.45, 2.75) is 6.42 Å². The van der Waals surface area contributed by atoms with E-state index in [0.29, 0.717) is 0 Å². The number of nitrogens with one attached hydrogen (secondary N) is 1. The summed E-state index contributed by atoms with van der Waals surface area (Å²) in [4.78, 5) is 7.29. The lowest BCUT2D eigenvalue weighted by atomic mass is 10.1. The molecule has 0 saturated carbocycles. The largest absolute Gasteiger partial charge is 0.335 e. The first-order valence-corrected chi connectivity index (χ1v) is 5.73. The highest BCUT2D eigenvalue weighted by atomic mass is 79.9. The Balaban J connectivity index is 2.26. The first kappa shape index (κ1) is 10.5. The van der Waals surface area contributed by atoms with Crippen molar-refractivity contribution in [1.82, 2.24) is 9.97 Å². The summed E-state index contributed by atoms with van der Waals surface area (Å²) >= 11 is 8.48.